The highest BCUT2D eigenvalue weighted by Crippen LogP contribution is 2.56. The van der Waals surface area contributed by atoms with Crippen LogP contribution in [0.4, 0.5) is 15.9 Å². The van der Waals surface area contributed by atoms with Gasteiger partial charge in [-0.15, -0.1) is 0 Å². The van der Waals surface area contributed by atoms with Crippen LogP contribution in [-0.2, 0) is 32.0 Å². The summed E-state index contributed by atoms with van der Waals surface area (Å²) in [5, 5.41) is 11.4. The second kappa shape index (κ2) is 11.0. The third-order valence-corrected chi connectivity index (χ3v) is 10.1. The summed E-state index contributed by atoms with van der Waals surface area (Å²) in [6, 6.07) is 0.614. The Morgan fingerprint density at radius 2 is 1.62 bits per heavy atom. The maximum Gasteiger partial charge on any atom is 0.264 e. The van der Waals surface area contributed by atoms with E-state index in [0.717, 1.165) is 6.33 Å². The molecule has 17 nitrogen and oxygen atoms in total. The molecule has 0 aromatic carbocycles. The van der Waals surface area contributed by atoms with Gasteiger partial charge in [-0.3, -0.25) is 13.7 Å². The number of aromatic nitrogens is 7. The van der Waals surface area contributed by atoms with Crippen LogP contribution in [0.25, 0.3) is 22.3 Å². The number of aliphatic hydroxyl groups is 1. The number of nitrogens with two attached hydrogens (primary N) is 2. The van der Waals surface area contributed by atoms with Crippen molar-refractivity contribution in [2.24, 2.45) is 5.92 Å². The number of halogens is 1. The Labute approximate surface area is 256 Å². The highest BCUT2D eigenvalue weighted by Gasteiger charge is 2.53. The van der Waals surface area contributed by atoms with Crippen LogP contribution in [0.2, 0.25) is 0 Å². The lowest BCUT2D eigenvalue weighted by Crippen LogP contribution is -2.36. The molecule has 22 heteroatoms. The number of nitrogen functional groups attached to an aromatic ring is 2. The Morgan fingerprint density at radius 1 is 0.956 bits per heavy atom. The summed E-state index contributed by atoms with van der Waals surface area (Å²) >= 11 is 0. The normalized spacial score (nSPS) is 37.7. The zero-order chi connectivity index (χ0) is 31.8. The van der Waals surface area contributed by atoms with Gasteiger partial charge in [-0.05, 0) is 11.6 Å². The molecule has 0 amide bonds. The molecule has 2 aliphatic heterocycles. The van der Waals surface area contributed by atoms with Gasteiger partial charge in [-0.25, -0.2) is 29.3 Å². The fourth-order valence-corrected chi connectivity index (χ4v) is 7.95. The molecule has 3 aliphatic rings. The summed E-state index contributed by atoms with van der Waals surface area (Å²) in [4.78, 5) is 20.6. The number of aliphatic hydroxyl groups excluding tert-OH is 1. The van der Waals surface area contributed by atoms with Crippen molar-refractivity contribution in [1.29, 1.82) is 0 Å². The fraction of sp³-hybridized carbons (Fsp3) is 0.435. The number of fused-ring (bicyclic) bond motifs is 4. The third kappa shape index (κ3) is 5.19. The van der Waals surface area contributed by atoms with E-state index in [0.29, 0.717) is 16.9 Å². The van der Waals surface area contributed by atoms with E-state index in [2.05, 4.69) is 31.5 Å². The molecular weight excluding hydrogens is 633 g/mol. The first kappa shape index (κ1) is 30.4. The van der Waals surface area contributed by atoms with Crippen molar-refractivity contribution in [3.63, 3.8) is 0 Å². The van der Waals surface area contributed by atoms with E-state index in [1.165, 1.54) is 28.0 Å². The number of alkyl halides is 1. The Kier molecular flexibility index (Phi) is 7.41. The van der Waals surface area contributed by atoms with Crippen LogP contribution in [-0.4, -0.2) is 98.1 Å². The van der Waals surface area contributed by atoms with Crippen molar-refractivity contribution in [2.45, 2.75) is 42.9 Å². The van der Waals surface area contributed by atoms with Gasteiger partial charge in [0.25, 0.3) is 14.9 Å². The number of hydrogen-bond donors (Lipinski definition) is 3. The van der Waals surface area contributed by atoms with Gasteiger partial charge in [-0.2, -0.15) is 0 Å². The van der Waals surface area contributed by atoms with Crippen LogP contribution in [0.15, 0.2) is 43.4 Å². The maximum absolute atomic E-state index is 16.0. The van der Waals surface area contributed by atoms with E-state index in [4.69, 9.17) is 49.4 Å². The number of hydrogen-bond acceptors (Lipinski definition) is 15. The van der Waals surface area contributed by atoms with Crippen molar-refractivity contribution < 1.29 is 41.5 Å². The molecule has 232 valence electrons. The lowest BCUT2D eigenvalue weighted by atomic mass is 10.0. The van der Waals surface area contributed by atoms with E-state index in [1.54, 1.807) is 6.07 Å². The van der Waals surface area contributed by atoms with Gasteiger partial charge in [0, 0.05) is 12.1 Å². The molecule has 4 aromatic heterocycles. The molecule has 6 heterocycles. The van der Waals surface area contributed by atoms with Gasteiger partial charge < -0.3 is 44.0 Å². The second-order valence-electron chi connectivity index (χ2n) is 10.7. The second-order valence-corrected chi connectivity index (χ2v) is 13.8. The molecule has 1 saturated carbocycles. The number of rotatable bonds is 2. The van der Waals surface area contributed by atoms with Crippen LogP contribution in [0.1, 0.15) is 12.3 Å². The first-order valence-corrected chi connectivity index (χ1v) is 16.7. The highest BCUT2D eigenvalue weighted by molar-refractivity contribution is 7.79. The van der Waals surface area contributed by atoms with Crippen LogP contribution in [0.3, 0.4) is 0 Å². The summed E-state index contributed by atoms with van der Waals surface area (Å²) in [5.41, 5.74) is 13.5. The monoisotopic (exact) mass is 657 g/mol. The zero-order valence-corrected chi connectivity index (χ0v) is 24.9. The van der Waals surface area contributed by atoms with Crippen molar-refractivity contribution in [3.8, 4) is 0 Å². The maximum atomic E-state index is 16.0. The van der Waals surface area contributed by atoms with Gasteiger partial charge in [0.2, 0.25) is 15.1 Å². The molecule has 7 rings (SSSR count). The van der Waals surface area contributed by atoms with E-state index in [1.807, 2.05) is 0 Å². The minimum atomic E-state index is -4.53. The summed E-state index contributed by atoms with van der Waals surface area (Å²) in [7, 11) is 2.86. The minimum absolute atomic E-state index is 0.0532. The fourth-order valence-electron chi connectivity index (χ4n) is 5.90. The summed E-state index contributed by atoms with van der Waals surface area (Å²) in [6.07, 6.45) is -4.06. The first-order chi connectivity index (χ1) is 21.3. The number of ether oxygens (including phenoxy) is 1. The van der Waals surface area contributed by atoms with Crippen LogP contribution < -0.4 is 11.5 Å². The third-order valence-electron chi connectivity index (χ3n) is 8.02. The molecule has 4 unspecified atom stereocenters. The number of nitrogens with zero attached hydrogens (tertiary/aromatic N) is 7. The van der Waals surface area contributed by atoms with E-state index < -0.39 is 76.9 Å². The van der Waals surface area contributed by atoms with Crippen LogP contribution in [0.5, 0.6) is 0 Å². The van der Waals surface area contributed by atoms with Gasteiger partial charge >= 0.3 is 0 Å². The van der Waals surface area contributed by atoms with Crippen molar-refractivity contribution in [2.75, 3.05) is 24.7 Å². The summed E-state index contributed by atoms with van der Waals surface area (Å²) < 4.78 is 73.5. The average Bonchev–Trinajstić information content (AvgIpc) is 3.72. The Balaban J connectivity index is 1.19. The van der Waals surface area contributed by atoms with E-state index in [9.17, 15) is 14.2 Å². The number of pyridine rings is 1. The smallest absolute Gasteiger partial charge is 0.264 e. The molecule has 4 radical (unpaired) electrons. The molecule has 10 atom stereocenters. The molecule has 2 saturated heterocycles. The lowest BCUT2D eigenvalue weighted by molar-refractivity contribution is -0.0477. The topological polar surface area (TPSA) is 227 Å². The SMILES string of the molecule is [B]P1(=O)OC[C@H]2O[C@@H](n3cnc4c(N)ncnc43)C(F)[C@H]2OP([B])(=O)OC[C@H]2C(=C)[C@@H](n3cnc4c(N)ccnc43)[C@@H](O)C2O1. The van der Waals surface area contributed by atoms with Gasteiger partial charge in [0.15, 0.2) is 29.5 Å². The Bertz CT molecular complexity index is 1910. The van der Waals surface area contributed by atoms with Crippen LogP contribution >= 0.6 is 14.9 Å². The summed E-state index contributed by atoms with van der Waals surface area (Å²) in [6.45, 7) is 2.90. The number of imidazole rings is 2. The molecule has 45 heavy (non-hydrogen) atoms. The standard InChI is InChI=1S/C23H24B2FN9O8P2/c1-9-10-4-39-44(24,37)43-19-12(41-23(13(19)26)35-8-33-15-20(28)30-6-31-22(15)35)5-40-45(25,38)42-18(10)17(36)16(9)34-7-32-14-11(27)2-3-29-21(14)34/h2-3,6-8,10,12-13,16-19,23,36H,1,4-5H2,(H2,27,29)(H2,28,30,31)/t10-,12+,13?,16+,17+,18?,19-,23+,44?,45?/m0/s1. The van der Waals surface area contributed by atoms with Gasteiger partial charge in [0.1, 0.15) is 41.8 Å². The van der Waals surface area contributed by atoms with Gasteiger partial charge in [-0.1, -0.05) is 6.58 Å². The van der Waals surface area contributed by atoms with Crippen molar-refractivity contribution >= 4 is 63.9 Å². The van der Waals surface area contributed by atoms with E-state index >= 15 is 4.39 Å². The predicted octanol–water partition coefficient (Wildman–Crippen LogP) is 1.13. The molecular formula is C23H24B2FN9O8P2. The predicted molar refractivity (Wildman–Crippen MR) is 157 cm³/mol. The molecule has 0 bridgehead atoms. The molecule has 1 aliphatic carbocycles. The Hall–Kier alpha value is -3.21. The first-order valence-electron chi connectivity index (χ1n) is 13.4. The summed E-state index contributed by atoms with van der Waals surface area (Å²) in [5.74, 6) is -0.951. The molecule has 5 N–H and O–H groups in total. The molecule has 4 aromatic rings. The van der Waals surface area contributed by atoms with E-state index in [-0.39, 0.29) is 22.6 Å². The number of anilines is 2. The lowest BCUT2D eigenvalue weighted by Gasteiger charge is -2.31. The minimum Gasteiger partial charge on any atom is -0.397 e. The van der Waals surface area contributed by atoms with Gasteiger partial charge in [0.05, 0.1) is 37.6 Å². The quantitative estimate of drug-likeness (QED) is 0.156. The zero-order valence-electron chi connectivity index (χ0n) is 23.1. The molecule has 0 spiro atoms. The average molecular weight is 657 g/mol. The molecule has 3 fully saturated rings. The van der Waals surface area contributed by atoms with Crippen molar-refractivity contribution in [3.05, 3.63) is 43.4 Å². The van der Waals surface area contributed by atoms with Crippen LogP contribution in [0, 0.1) is 5.92 Å². The van der Waals surface area contributed by atoms with Crippen molar-refractivity contribution in [1.82, 2.24) is 34.1 Å². The largest absolute Gasteiger partial charge is 0.397 e. The Morgan fingerprint density at radius 3 is 2.40 bits per heavy atom. The highest BCUT2D eigenvalue weighted by atomic mass is 31.2.